The van der Waals surface area contributed by atoms with Gasteiger partial charge in [-0.1, -0.05) is 12.1 Å². The Morgan fingerprint density at radius 1 is 1.11 bits per heavy atom. The number of rotatable bonds is 5. The summed E-state index contributed by atoms with van der Waals surface area (Å²) in [6, 6.07) is 9.49. The Bertz CT molecular complexity index is 987. The van der Waals surface area contributed by atoms with Crippen molar-refractivity contribution in [3.8, 4) is 10.4 Å². The van der Waals surface area contributed by atoms with E-state index in [4.69, 9.17) is 4.74 Å². The summed E-state index contributed by atoms with van der Waals surface area (Å²) in [5, 5.41) is 5.41. The summed E-state index contributed by atoms with van der Waals surface area (Å²) in [6.07, 6.45) is 0. The fraction of sp³-hybridized carbons (Fsp3) is 0.238. The molecule has 0 bridgehead atoms. The lowest BCUT2D eigenvalue weighted by atomic mass is 10.1. The monoisotopic (exact) mass is 399 g/mol. The van der Waals surface area contributed by atoms with Crippen molar-refractivity contribution in [2.75, 3.05) is 11.9 Å². The quantitative estimate of drug-likeness (QED) is 0.549. The summed E-state index contributed by atoms with van der Waals surface area (Å²) in [5.41, 5.74) is 4.01. The lowest BCUT2D eigenvalue weighted by Crippen LogP contribution is -2.15. The standard InChI is InChI=1S/C21H21NO3S2/c1-5-25-21(24)18-17(16-7-6-10-26-16)14(4)27-20(18)22-19(23)15-9-8-12(2)13(3)11-15/h6-11H,5H2,1-4H3,(H,22,23). The highest BCUT2D eigenvalue weighted by molar-refractivity contribution is 7.18. The van der Waals surface area contributed by atoms with E-state index < -0.39 is 5.97 Å². The first-order valence-electron chi connectivity index (χ1n) is 8.65. The third kappa shape index (κ3) is 3.96. The van der Waals surface area contributed by atoms with Crippen LogP contribution in [0.5, 0.6) is 0 Å². The van der Waals surface area contributed by atoms with Gasteiger partial charge in [0.15, 0.2) is 0 Å². The number of hydrogen-bond acceptors (Lipinski definition) is 5. The van der Waals surface area contributed by atoms with Crippen LogP contribution >= 0.6 is 22.7 Å². The number of benzene rings is 1. The Balaban J connectivity index is 2.02. The number of nitrogens with one attached hydrogen (secondary N) is 1. The second kappa shape index (κ2) is 8.06. The van der Waals surface area contributed by atoms with E-state index in [1.54, 1.807) is 24.3 Å². The van der Waals surface area contributed by atoms with E-state index in [1.807, 2.05) is 50.4 Å². The van der Waals surface area contributed by atoms with Gasteiger partial charge in [0.25, 0.3) is 5.91 Å². The Morgan fingerprint density at radius 3 is 2.52 bits per heavy atom. The molecular formula is C21H21NO3S2. The lowest BCUT2D eigenvalue weighted by Gasteiger charge is -2.09. The SMILES string of the molecule is CCOC(=O)c1c(NC(=O)c2ccc(C)c(C)c2)sc(C)c1-c1cccs1. The van der Waals surface area contributed by atoms with Gasteiger partial charge in [0.1, 0.15) is 10.6 Å². The number of anilines is 1. The maximum atomic E-state index is 12.8. The fourth-order valence-corrected chi connectivity index (χ4v) is 4.76. The molecule has 0 saturated carbocycles. The molecule has 3 rings (SSSR count). The molecule has 3 aromatic rings. The molecule has 0 radical (unpaired) electrons. The van der Waals surface area contributed by atoms with Crippen LogP contribution in [-0.4, -0.2) is 18.5 Å². The van der Waals surface area contributed by atoms with Crippen LogP contribution in [-0.2, 0) is 4.74 Å². The Labute approximate surface area is 166 Å². The van der Waals surface area contributed by atoms with Crippen LogP contribution in [0.2, 0.25) is 0 Å². The number of amides is 1. The molecule has 2 aromatic heterocycles. The normalized spacial score (nSPS) is 10.7. The first-order chi connectivity index (χ1) is 12.9. The van der Waals surface area contributed by atoms with Gasteiger partial charge in [-0.25, -0.2) is 4.79 Å². The molecule has 4 nitrogen and oxygen atoms in total. The first kappa shape index (κ1) is 19.3. The molecule has 0 atom stereocenters. The van der Waals surface area contributed by atoms with E-state index in [9.17, 15) is 9.59 Å². The molecule has 0 fully saturated rings. The third-order valence-corrected chi connectivity index (χ3v) is 6.24. The molecule has 0 aliphatic carbocycles. The highest BCUT2D eigenvalue weighted by Gasteiger charge is 2.26. The Kier molecular flexibility index (Phi) is 5.77. The molecule has 1 N–H and O–H groups in total. The predicted molar refractivity (Wildman–Crippen MR) is 112 cm³/mol. The molecule has 0 spiro atoms. The second-order valence-corrected chi connectivity index (χ2v) is 8.36. The number of carbonyl (C=O) groups is 2. The van der Waals surface area contributed by atoms with Gasteiger partial charge in [-0.15, -0.1) is 22.7 Å². The molecular weight excluding hydrogens is 378 g/mol. The number of carbonyl (C=O) groups excluding carboxylic acids is 2. The molecule has 0 saturated heterocycles. The van der Waals surface area contributed by atoms with Gasteiger partial charge in [-0.3, -0.25) is 4.79 Å². The minimum atomic E-state index is -0.416. The second-order valence-electron chi connectivity index (χ2n) is 6.19. The molecule has 0 aliphatic heterocycles. The van der Waals surface area contributed by atoms with Gasteiger partial charge >= 0.3 is 5.97 Å². The van der Waals surface area contributed by atoms with Gasteiger partial charge in [-0.05, 0) is 62.4 Å². The lowest BCUT2D eigenvalue weighted by molar-refractivity contribution is 0.0529. The van der Waals surface area contributed by atoms with Crippen LogP contribution in [0.1, 0.15) is 43.6 Å². The number of hydrogen-bond donors (Lipinski definition) is 1. The van der Waals surface area contributed by atoms with Crippen LogP contribution < -0.4 is 5.32 Å². The van der Waals surface area contributed by atoms with E-state index in [-0.39, 0.29) is 12.5 Å². The van der Waals surface area contributed by atoms with E-state index in [2.05, 4.69) is 5.32 Å². The van der Waals surface area contributed by atoms with Crippen LogP contribution in [0.4, 0.5) is 5.00 Å². The van der Waals surface area contributed by atoms with Crippen molar-refractivity contribution in [1.29, 1.82) is 0 Å². The minimum Gasteiger partial charge on any atom is -0.462 e. The third-order valence-electron chi connectivity index (χ3n) is 4.33. The van der Waals surface area contributed by atoms with Gasteiger partial charge in [0.05, 0.1) is 6.61 Å². The topological polar surface area (TPSA) is 55.4 Å². The summed E-state index contributed by atoms with van der Waals surface area (Å²) < 4.78 is 5.26. The average molecular weight is 400 g/mol. The summed E-state index contributed by atoms with van der Waals surface area (Å²) in [6.45, 7) is 7.98. The predicted octanol–water partition coefficient (Wildman–Crippen LogP) is 5.83. The molecule has 2 heterocycles. The largest absolute Gasteiger partial charge is 0.462 e. The highest BCUT2D eigenvalue weighted by atomic mass is 32.1. The number of esters is 1. The maximum Gasteiger partial charge on any atom is 0.341 e. The van der Waals surface area contributed by atoms with Crippen molar-refractivity contribution in [1.82, 2.24) is 0 Å². The molecule has 0 unspecified atom stereocenters. The smallest absolute Gasteiger partial charge is 0.341 e. The van der Waals surface area contributed by atoms with Crippen molar-refractivity contribution in [2.45, 2.75) is 27.7 Å². The van der Waals surface area contributed by atoms with E-state index in [0.29, 0.717) is 16.1 Å². The average Bonchev–Trinajstić information content (AvgIpc) is 3.25. The maximum absolute atomic E-state index is 12.8. The van der Waals surface area contributed by atoms with Crippen molar-refractivity contribution < 1.29 is 14.3 Å². The zero-order chi connectivity index (χ0) is 19.6. The van der Waals surface area contributed by atoms with Gasteiger partial charge in [-0.2, -0.15) is 0 Å². The van der Waals surface area contributed by atoms with Crippen molar-refractivity contribution in [2.24, 2.45) is 0 Å². The van der Waals surface area contributed by atoms with Crippen molar-refractivity contribution in [3.05, 3.63) is 62.8 Å². The fourth-order valence-electron chi connectivity index (χ4n) is 2.81. The van der Waals surface area contributed by atoms with Crippen LogP contribution in [0.25, 0.3) is 10.4 Å². The molecule has 1 aromatic carbocycles. The Hall–Kier alpha value is -2.44. The summed E-state index contributed by atoms with van der Waals surface area (Å²) in [4.78, 5) is 27.4. The molecule has 6 heteroatoms. The molecule has 140 valence electrons. The van der Waals surface area contributed by atoms with Crippen molar-refractivity contribution >= 4 is 39.6 Å². The zero-order valence-electron chi connectivity index (χ0n) is 15.7. The number of thiophene rings is 2. The summed E-state index contributed by atoms with van der Waals surface area (Å²) in [5.74, 6) is -0.650. The summed E-state index contributed by atoms with van der Waals surface area (Å²) >= 11 is 2.96. The van der Waals surface area contributed by atoms with Crippen molar-refractivity contribution in [3.63, 3.8) is 0 Å². The molecule has 0 aliphatic rings. The number of ether oxygens (including phenoxy) is 1. The van der Waals surface area contributed by atoms with Gasteiger partial charge < -0.3 is 10.1 Å². The first-order valence-corrected chi connectivity index (χ1v) is 10.3. The summed E-state index contributed by atoms with van der Waals surface area (Å²) in [7, 11) is 0. The van der Waals surface area contributed by atoms with Gasteiger partial charge in [0.2, 0.25) is 0 Å². The van der Waals surface area contributed by atoms with Crippen LogP contribution in [0.15, 0.2) is 35.7 Å². The zero-order valence-corrected chi connectivity index (χ0v) is 17.3. The highest BCUT2D eigenvalue weighted by Crippen LogP contribution is 2.42. The van der Waals surface area contributed by atoms with Crippen LogP contribution in [0.3, 0.4) is 0 Å². The molecule has 27 heavy (non-hydrogen) atoms. The number of aryl methyl sites for hydroxylation is 3. The minimum absolute atomic E-state index is 0.234. The van der Waals surface area contributed by atoms with E-state index in [1.165, 1.54) is 11.3 Å². The molecule has 1 amide bonds. The van der Waals surface area contributed by atoms with E-state index in [0.717, 1.165) is 26.4 Å². The van der Waals surface area contributed by atoms with Crippen LogP contribution in [0, 0.1) is 20.8 Å². The van der Waals surface area contributed by atoms with E-state index >= 15 is 0 Å². The Morgan fingerprint density at radius 2 is 1.89 bits per heavy atom. The van der Waals surface area contributed by atoms with Gasteiger partial charge in [0, 0.05) is 20.9 Å².